The molecule has 0 radical (unpaired) electrons. The molecule has 0 saturated heterocycles. The van der Waals surface area contributed by atoms with Gasteiger partial charge in [-0.25, -0.2) is 15.1 Å². The van der Waals surface area contributed by atoms with Gasteiger partial charge in [-0.15, -0.1) is 0 Å². The molecule has 2 aromatic rings. The van der Waals surface area contributed by atoms with Crippen molar-refractivity contribution in [3.8, 4) is 11.1 Å². The van der Waals surface area contributed by atoms with Gasteiger partial charge in [0.2, 0.25) is 5.91 Å². The molecule has 0 heterocycles. The number of ether oxygens (including phenoxy) is 1. The molecule has 1 fully saturated rings. The Morgan fingerprint density at radius 1 is 1.03 bits per heavy atom. The normalized spacial score (nSPS) is 15.7. The second-order valence-corrected chi connectivity index (χ2v) is 9.57. The highest BCUT2D eigenvalue weighted by Gasteiger charge is 2.38. The zero-order chi connectivity index (χ0) is 24.3. The number of carbonyl (C=O) groups is 3. The SMILES string of the molecule is CC(C)(CCC(=O)NOC(C(=O)O)C1CC1)NC(=O)OCC1c2ccccc2-c2ccccc21. The summed E-state index contributed by atoms with van der Waals surface area (Å²) in [7, 11) is 0. The van der Waals surface area contributed by atoms with Crippen molar-refractivity contribution in [1.82, 2.24) is 10.8 Å². The molecule has 3 N–H and O–H groups in total. The molecule has 4 rings (SSSR count). The summed E-state index contributed by atoms with van der Waals surface area (Å²) in [4.78, 5) is 40.9. The third-order valence-electron chi connectivity index (χ3n) is 6.35. The average Bonchev–Trinajstić information content (AvgIpc) is 3.58. The van der Waals surface area contributed by atoms with Crippen LogP contribution in [0.5, 0.6) is 0 Å². The van der Waals surface area contributed by atoms with Crippen molar-refractivity contribution in [3.05, 3.63) is 59.7 Å². The van der Waals surface area contributed by atoms with E-state index in [-0.39, 0.29) is 24.9 Å². The molecule has 2 aromatic carbocycles. The van der Waals surface area contributed by atoms with Gasteiger partial charge in [-0.3, -0.25) is 9.63 Å². The Balaban J connectivity index is 1.25. The lowest BCUT2D eigenvalue weighted by Gasteiger charge is -2.26. The van der Waals surface area contributed by atoms with Crippen molar-refractivity contribution in [2.45, 2.75) is 57.1 Å². The minimum atomic E-state index is -1.08. The largest absolute Gasteiger partial charge is 0.479 e. The predicted octanol–water partition coefficient (Wildman–Crippen LogP) is 3.99. The summed E-state index contributed by atoms with van der Waals surface area (Å²) in [5.74, 6) is -1.60. The molecular formula is C26H30N2O6. The number of amides is 2. The first-order chi connectivity index (χ1) is 16.2. The summed E-state index contributed by atoms with van der Waals surface area (Å²) in [6.45, 7) is 3.81. The minimum Gasteiger partial charge on any atom is -0.479 e. The van der Waals surface area contributed by atoms with Crippen LogP contribution in [0.3, 0.4) is 0 Å². The van der Waals surface area contributed by atoms with Crippen LogP contribution in [-0.4, -0.2) is 41.3 Å². The highest BCUT2D eigenvalue weighted by Crippen LogP contribution is 2.44. The van der Waals surface area contributed by atoms with Crippen LogP contribution in [0.15, 0.2) is 48.5 Å². The summed E-state index contributed by atoms with van der Waals surface area (Å²) in [6, 6.07) is 16.3. The molecule has 2 aliphatic rings. The highest BCUT2D eigenvalue weighted by molar-refractivity contribution is 5.79. The second kappa shape index (κ2) is 9.85. The fourth-order valence-corrected chi connectivity index (χ4v) is 4.33. The number of hydroxylamine groups is 1. The third kappa shape index (κ3) is 5.56. The fraction of sp³-hybridized carbons (Fsp3) is 0.423. The molecule has 34 heavy (non-hydrogen) atoms. The summed E-state index contributed by atoms with van der Waals surface area (Å²) in [5.41, 5.74) is 6.12. The van der Waals surface area contributed by atoms with Crippen molar-refractivity contribution in [2.24, 2.45) is 5.92 Å². The number of carbonyl (C=O) groups excluding carboxylic acids is 2. The number of alkyl carbamates (subject to hydrolysis) is 1. The van der Waals surface area contributed by atoms with Crippen molar-refractivity contribution in [3.63, 3.8) is 0 Å². The fourth-order valence-electron chi connectivity index (χ4n) is 4.33. The maximum atomic E-state index is 12.5. The Bertz CT molecular complexity index is 1030. The number of nitrogens with one attached hydrogen (secondary N) is 2. The minimum absolute atomic E-state index is 0.0298. The lowest BCUT2D eigenvalue weighted by atomic mass is 9.98. The molecule has 0 aromatic heterocycles. The molecule has 8 heteroatoms. The molecular weight excluding hydrogens is 436 g/mol. The van der Waals surface area contributed by atoms with Gasteiger partial charge in [0.25, 0.3) is 0 Å². The molecule has 8 nitrogen and oxygen atoms in total. The number of hydrogen-bond donors (Lipinski definition) is 3. The van der Waals surface area contributed by atoms with Gasteiger partial charge in [-0.1, -0.05) is 48.5 Å². The molecule has 0 aliphatic heterocycles. The van der Waals surface area contributed by atoms with Crippen LogP contribution in [0.2, 0.25) is 0 Å². The number of rotatable bonds is 10. The zero-order valence-electron chi connectivity index (χ0n) is 19.4. The first-order valence-corrected chi connectivity index (χ1v) is 11.6. The summed E-state index contributed by atoms with van der Waals surface area (Å²) in [5, 5.41) is 12.0. The van der Waals surface area contributed by atoms with Crippen LogP contribution in [0, 0.1) is 5.92 Å². The van der Waals surface area contributed by atoms with E-state index in [0.717, 1.165) is 35.1 Å². The maximum Gasteiger partial charge on any atom is 0.407 e. The van der Waals surface area contributed by atoms with Crippen LogP contribution in [0.25, 0.3) is 11.1 Å². The van der Waals surface area contributed by atoms with E-state index >= 15 is 0 Å². The molecule has 180 valence electrons. The van der Waals surface area contributed by atoms with Gasteiger partial charge in [0.15, 0.2) is 6.10 Å². The molecule has 1 unspecified atom stereocenters. The van der Waals surface area contributed by atoms with Gasteiger partial charge >= 0.3 is 12.1 Å². The van der Waals surface area contributed by atoms with Crippen LogP contribution in [0.4, 0.5) is 4.79 Å². The van der Waals surface area contributed by atoms with Crippen molar-refractivity contribution < 1.29 is 29.1 Å². The van der Waals surface area contributed by atoms with Crippen molar-refractivity contribution >= 4 is 18.0 Å². The average molecular weight is 467 g/mol. The van der Waals surface area contributed by atoms with Crippen LogP contribution in [-0.2, 0) is 19.2 Å². The number of fused-ring (bicyclic) bond motifs is 3. The zero-order valence-corrected chi connectivity index (χ0v) is 19.4. The van der Waals surface area contributed by atoms with E-state index in [1.165, 1.54) is 0 Å². The van der Waals surface area contributed by atoms with Crippen molar-refractivity contribution in [2.75, 3.05) is 6.61 Å². The standard InChI is InChI=1S/C26H30N2O6/c1-26(2,14-13-22(29)28-34-23(24(30)31)16-11-12-16)27-25(32)33-15-21-19-9-5-3-7-17(19)18-8-4-6-10-20(18)21/h3-10,16,21,23H,11-15H2,1-2H3,(H,27,32)(H,28,29)(H,30,31). The van der Waals surface area contributed by atoms with E-state index in [1.807, 2.05) is 24.3 Å². The number of aliphatic carboxylic acids is 1. The third-order valence-corrected chi connectivity index (χ3v) is 6.35. The molecule has 2 aliphatic carbocycles. The first-order valence-electron chi connectivity index (χ1n) is 11.6. The van der Waals surface area contributed by atoms with E-state index in [0.29, 0.717) is 6.42 Å². The quantitative estimate of drug-likeness (QED) is 0.456. The van der Waals surface area contributed by atoms with Crippen molar-refractivity contribution in [1.29, 1.82) is 0 Å². The smallest absolute Gasteiger partial charge is 0.407 e. The predicted molar refractivity (Wildman–Crippen MR) is 125 cm³/mol. The highest BCUT2D eigenvalue weighted by atomic mass is 16.7. The van der Waals surface area contributed by atoms with E-state index < -0.39 is 29.6 Å². The lowest BCUT2D eigenvalue weighted by molar-refractivity contribution is -0.162. The van der Waals surface area contributed by atoms with Crippen LogP contribution in [0.1, 0.15) is 56.6 Å². The Morgan fingerprint density at radius 3 is 2.18 bits per heavy atom. The van der Waals surface area contributed by atoms with Crippen LogP contribution >= 0.6 is 0 Å². The number of carboxylic acid groups (broad SMARTS) is 1. The molecule has 2 amide bonds. The Hall–Kier alpha value is -3.39. The lowest BCUT2D eigenvalue weighted by Crippen LogP contribution is -2.45. The van der Waals surface area contributed by atoms with Gasteiger partial charge in [-0.2, -0.15) is 0 Å². The van der Waals surface area contributed by atoms with Gasteiger partial charge in [0, 0.05) is 17.9 Å². The van der Waals surface area contributed by atoms with E-state index in [2.05, 4.69) is 35.1 Å². The Morgan fingerprint density at radius 2 is 1.62 bits per heavy atom. The van der Waals surface area contributed by atoms with E-state index in [4.69, 9.17) is 14.7 Å². The molecule has 1 saturated carbocycles. The van der Waals surface area contributed by atoms with Gasteiger partial charge in [0.05, 0.1) is 0 Å². The second-order valence-electron chi connectivity index (χ2n) is 9.57. The summed E-state index contributed by atoms with van der Waals surface area (Å²) < 4.78 is 5.58. The van der Waals surface area contributed by atoms with Gasteiger partial charge in [-0.05, 0) is 61.3 Å². The molecule has 0 spiro atoms. The summed E-state index contributed by atoms with van der Waals surface area (Å²) >= 11 is 0. The van der Waals surface area contributed by atoms with Gasteiger partial charge in [0.1, 0.15) is 6.61 Å². The molecule has 0 bridgehead atoms. The molecule has 1 atom stereocenters. The number of benzene rings is 2. The first kappa shape index (κ1) is 23.8. The maximum absolute atomic E-state index is 12.5. The topological polar surface area (TPSA) is 114 Å². The van der Waals surface area contributed by atoms with Crippen LogP contribution < -0.4 is 10.8 Å². The van der Waals surface area contributed by atoms with Gasteiger partial charge < -0.3 is 15.2 Å². The Labute approximate surface area is 198 Å². The summed E-state index contributed by atoms with van der Waals surface area (Å²) in [6.07, 6.45) is 0.383. The number of hydrogen-bond acceptors (Lipinski definition) is 5. The van der Waals surface area contributed by atoms with E-state index in [1.54, 1.807) is 13.8 Å². The van der Waals surface area contributed by atoms with E-state index in [9.17, 15) is 14.4 Å². The Kier molecular flexibility index (Phi) is 6.88. The number of carboxylic acids is 1. The monoisotopic (exact) mass is 466 g/mol.